The van der Waals surface area contributed by atoms with Gasteiger partial charge in [0.25, 0.3) is 0 Å². The molecule has 2 rings (SSSR count). The van der Waals surface area contributed by atoms with E-state index in [1.165, 1.54) is 45.2 Å². The average Bonchev–Trinajstić information content (AvgIpc) is 3.07. The van der Waals surface area contributed by atoms with E-state index in [1.807, 2.05) is 13.8 Å². The minimum Gasteiger partial charge on any atom is -0.317 e. The summed E-state index contributed by atoms with van der Waals surface area (Å²) in [6, 6.07) is 1.81. The van der Waals surface area contributed by atoms with Crippen LogP contribution in [-0.2, 0) is 0 Å². The molecule has 0 bridgehead atoms. The van der Waals surface area contributed by atoms with E-state index in [0.29, 0.717) is 0 Å². The molecule has 86 valence electrons. The molecule has 2 nitrogen and oxygen atoms in total. The zero-order valence-electron chi connectivity index (χ0n) is 10.1. The van der Waals surface area contributed by atoms with Gasteiger partial charge in [-0.3, -0.25) is 0 Å². The maximum Gasteiger partial charge on any atom is 0.0108 e. The molecule has 1 aliphatic heterocycles. The smallest absolute Gasteiger partial charge is 0.0108 e. The first kappa shape index (κ1) is 12.0. The molecule has 1 unspecified atom stereocenters. The van der Waals surface area contributed by atoms with Gasteiger partial charge in [-0.15, -0.1) is 0 Å². The van der Waals surface area contributed by atoms with Crippen LogP contribution in [0.25, 0.3) is 0 Å². The second kappa shape index (κ2) is 6.41. The van der Waals surface area contributed by atoms with E-state index in [9.17, 15) is 0 Å². The molecule has 0 radical (unpaired) electrons. The first-order chi connectivity index (χ1) is 6.88. The van der Waals surface area contributed by atoms with Gasteiger partial charge in [-0.25, -0.2) is 0 Å². The van der Waals surface area contributed by atoms with Crippen molar-refractivity contribution in [3.8, 4) is 0 Å². The van der Waals surface area contributed by atoms with Crippen LogP contribution in [-0.4, -0.2) is 37.1 Å². The van der Waals surface area contributed by atoms with Gasteiger partial charge < -0.3 is 10.2 Å². The van der Waals surface area contributed by atoms with Gasteiger partial charge in [-0.2, -0.15) is 0 Å². The summed E-state index contributed by atoms with van der Waals surface area (Å²) in [6.07, 6.45) is 7.01. The molecule has 0 aromatic rings. The molecule has 1 atom stereocenters. The Morgan fingerprint density at radius 3 is 2.29 bits per heavy atom. The molecule has 1 heterocycles. The van der Waals surface area contributed by atoms with Gasteiger partial charge in [0.05, 0.1) is 0 Å². The Bertz CT molecular complexity index is 141. The van der Waals surface area contributed by atoms with E-state index in [-0.39, 0.29) is 1.43 Å². The molecule has 1 aliphatic carbocycles. The largest absolute Gasteiger partial charge is 0.317 e. The van der Waals surface area contributed by atoms with Crippen molar-refractivity contribution in [1.82, 2.24) is 10.2 Å². The fourth-order valence-electron chi connectivity index (χ4n) is 2.19. The van der Waals surface area contributed by atoms with Crippen molar-refractivity contribution in [3.05, 3.63) is 0 Å². The van der Waals surface area contributed by atoms with Crippen LogP contribution in [0.3, 0.4) is 0 Å². The van der Waals surface area contributed by atoms with Crippen LogP contribution < -0.4 is 5.32 Å². The lowest BCUT2D eigenvalue weighted by Crippen LogP contribution is -2.34. The van der Waals surface area contributed by atoms with Gasteiger partial charge in [0.2, 0.25) is 0 Å². The third kappa shape index (κ3) is 3.58. The van der Waals surface area contributed by atoms with Crippen molar-refractivity contribution in [2.75, 3.05) is 20.1 Å². The van der Waals surface area contributed by atoms with Gasteiger partial charge in [0.15, 0.2) is 0 Å². The Balaban J connectivity index is 0.000000617. The molecular formula is C12H28N2. The maximum atomic E-state index is 3.46. The predicted octanol–water partition coefficient (Wildman–Crippen LogP) is 2.49. The molecule has 14 heavy (non-hydrogen) atoms. The highest BCUT2D eigenvalue weighted by Gasteiger charge is 2.30. The summed E-state index contributed by atoms with van der Waals surface area (Å²) < 4.78 is 0. The summed E-state index contributed by atoms with van der Waals surface area (Å²) in [4.78, 5) is 2.62. The lowest BCUT2D eigenvalue weighted by Gasteiger charge is -2.26. The molecule has 0 amide bonds. The van der Waals surface area contributed by atoms with E-state index in [2.05, 4.69) is 17.3 Å². The van der Waals surface area contributed by atoms with Gasteiger partial charge in [-0.1, -0.05) is 13.8 Å². The fourth-order valence-corrected chi connectivity index (χ4v) is 2.19. The number of hydrogen-bond donors (Lipinski definition) is 1. The summed E-state index contributed by atoms with van der Waals surface area (Å²) in [7, 11) is 2.31. The molecular weight excluding hydrogens is 172 g/mol. The molecule has 2 aliphatic rings. The Morgan fingerprint density at radius 2 is 1.64 bits per heavy atom. The third-order valence-electron chi connectivity index (χ3n) is 3.24. The quantitative estimate of drug-likeness (QED) is 0.737. The second-order valence-electron chi connectivity index (χ2n) is 4.23. The average molecular weight is 200 g/mol. The monoisotopic (exact) mass is 200 g/mol. The third-order valence-corrected chi connectivity index (χ3v) is 3.24. The summed E-state index contributed by atoms with van der Waals surface area (Å²) in [5, 5.41) is 3.46. The molecule has 0 aromatic carbocycles. The Labute approximate surface area is 90.5 Å². The van der Waals surface area contributed by atoms with E-state index >= 15 is 0 Å². The van der Waals surface area contributed by atoms with Crippen molar-refractivity contribution in [2.45, 2.75) is 58.0 Å². The Morgan fingerprint density at radius 1 is 1.00 bits per heavy atom. The Hall–Kier alpha value is -0.0800. The normalized spacial score (nSPS) is 27.9. The number of hydrogen-bond acceptors (Lipinski definition) is 2. The number of nitrogens with zero attached hydrogens (tertiary/aromatic N) is 1. The number of nitrogens with one attached hydrogen (secondary N) is 1. The topological polar surface area (TPSA) is 15.3 Å². The zero-order chi connectivity index (χ0) is 10.4. The summed E-state index contributed by atoms with van der Waals surface area (Å²) >= 11 is 0. The number of rotatable bonds is 2. The molecule has 0 spiro atoms. The van der Waals surface area contributed by atoms with Crippen molar-refractivity contribution >= 4 is 0 Å². The highest BCUT2D eigenvalue weighted by atomic mass is 15.2. The molecule has 1 saturated heterocycles. The molecule has 1 saturated carbocycles. The van der Waals surface area contributed by atoms with Crippen LogP contribution in [0.1, 0.15) is 47.4 Å². The van der Waals surface area contributed by atoms with Crippen molar-refractivity contribution in [1.29, 1.82) is 0 Å². The maximum absolute atomic E-state index is 3.46. The van der Waals surface area contributed by atoms with Crippen LogP contribution >= 0.6 is 0 Å². The Kier molecular flexibility index (Phi) is 5.49. The van der Waals surface area contributed by atoms with Gasteiger partial charge in [0.1, 0.15) is 0 Å². The van der Waals surface area contributed by atoms with Gasteiger partial charge in [-0.05, 0) is 52.2 Å². The van der Waals surface area contributed by atoms with E-state index < -0.39 is 0 Å². The summed E-state index contributed by atoms with van der Waals surface area (Å²) in [5.74, 6) is 0. The van der Waals surface area contributed by atoms with E-state index in [0.717, 1.165) is 12.1 Å². The van der Waals surface area contributed by atoms with Gasteiger partial charge >= 0.3 is 0 Å². The van der Waals surface area contributed by atoms with Crippen molar-refractivity contribution in [2.24, 2.45) is 0 Å². The molecule has 1 N–H and O–H groups in total. The summed E-state index contributed by atoms with van der Waals surface area (Å²) in [5.41, 5.74) is 0. The summed E-state index contributed by atoms with van der Waals surface area (Å²) in [6.45, 7) is 6.46. The highest BCUT2D eigenvalue weighted by molar-refractivity contribution is 4.87. The van der Waals surface area contributed by atoms with Crippen LogP contribution in [0, 0.1) is 0 Å². The minimum absolute atomic E-state index is 0. The van der Waals surface area contributed by atoms with E-state index in [4.69, 9.17) is 0 Å². The lowest BCUT2D eigenvalue weighted by atomic mass is 10.1. The molecule has 2 heteroatoms. The first-order valence-electron chi connectivity index (χ1n) is 6.30. The highest BCUT2D eigenvalue weighted by Crippen LogP contribution is 2.29. The van der Waals surface area contributed by atoms with Crippen molar-refractivity contribution < 1.29 is 1.43 Å². The van der Waals surface area contributed by atoms with Gasteiger partial charge in [0, 0.05) is 13.5 Å². The molecule has 2 fully saturated rings. The van der Waals surface area contributed by atoms with Crippen LogP contribution in [0.5, 0.6) is 0 Å². The predicted molar refractivity (Wildman–Crippen MR) is 64.8 cm³/mol. The second-order valence-corrected chi connectivity index (χ2v) is 4.23. The standard InChI is InChI=1S/C10H20N2.C2H6.H2/c1-12(10-4-5-10)9-3-2-7-11-8-6-9;1-2;/h9-11H,2-8H2,1H3;1-2H3;1H. The first-order valence-corrected chi connectivity index (χ1v) is 6.30. The van der Waals surface area contributed by atoms with Crippen LogP contribution in [0.15, 0.2) is 0 Å². The minimum atomic E-state index is 0. The van der Waals surface area contributed by atoms with E-state index in [1.54, 1.807) is 0 Å². The lowest BCUT2D eigenvalue weighted by molar-refractivity contribution is 0.215. The fraction of sp³-hybridized carbons (Fsp3) is 1.00. The van der Waals surface area contributed by atoms with Crippen molar-refractivity contribution in [3.63, 3.8) is 0 Å². The SMILES string of the molecule is CC.CN(C1CCCNCC1)C1CC1.[HH]. The van der Waals surface area contributed by atoms with Crippen LogP contribution in [0.2, 0.25) is 0 Å². The zero-order valence-corrected chi connectivity index (χ0v) is 10.1. The molecule has 0 aromatic heterocycles. The van der Waals surface area contributed by atoms with Crippen LogP contribution in [0.4, 0.5) is 0 Å².